The predicted molar refractivity (Wildman–Crippen MR) is 98.2 cm³/mol. The minimum atomic E-state index is -0.831. The molecule has 0 unspecified atom stereocenters. The summed E-state index contributed by atoms with van der Waals surface area (Å²) in [6, 6.07) is 12.8. The van der Waals surface area contributed by atoms with Crippen LogP contribution in [0.15, 0.2) is 48.5 Å². The summed E-state index contributed by atoms with van der Waals surface area (Å²) in [7, 11) is 0. The highest BCUT2D eigenvalue weighted by Crippen LogP contribution is 2.34. The molecule has 3 rings (SSSR count). The fraction of sp³-hybridized carbons (Fsp3) is 0.222. The number of carbonyl (C=O) groups excluding carboxylic acids is 2. The molecule has 26 heavy (non-hydrogen) atoms. The molecule has 0 saturated carbocycles. The van der Waals surface area contributed by atoms with Crippen molar-refractivity contribution in [3.8, 4) is 0 Å². The zero-order valence-electron chi connectivity index (χ0n) is 14.4. The molecule has 0 fully saturated rings. The maximum Gasteiger partial charge on any atom is 0.269 e. The Morgan fingerprint density at radius 2 is 1.85 bits per heavy atom. The zero-order chi connectivity index (χ0) is 18.9. The molecular formula is C18H18N4O4. The Morgan fingerprint density at radius 3 is 2.50 bits per heavy atom. The molecule has 0 atom stereocenters. The number of amides is 2. The van der Waals surface area contributed by atoms with Crippen LogP contribution in [0.3, 0.4) is 0 Å². The molecule has 0 aliphatic carbocycles. The van der Waals surface area contributed by atoms with E-state index in [4.69, 9.17) is 0 Å². The van der Waals surface area contributed by atoms with Crippen molar-refractivity contribution in [1.29, 1.82) is 0 Å². The second-order valence-electron chi connectivity index (χ2n) is 6.51. The number of non-ortho nitro benzene ring substituents is 1. The van der Waals surface area contributed by atoms with Crippen molar-refractivity contribution in [2.24, 2.45) is 0 Å². The first-order valence-corrected chi connectivity index (χ1v) is 8.01. The molecule has 1 heterocycles. The third-order valence-corrected chi connectivity index (χ3v) is 4.09. The SMILES string of the molecule is CC1(C)Nc2ccccc2N(CC(=O)Nc2ccc([N+](=O)[O-])cc2)C1=O. The molecule has 1 aliphatic heterocycles. The number of rotatable bonds is 4. The van der Waals surface area contributed by atoms with E-state index in [1.807, 2.05) is 12.1 Å². The largest absolute Gasteiger partial charge is 0.370 e. The number of fused-ring (bicyclic) bond motifs is 1. The van der Waals surface area contributed by atoms with Crippen molar-refractivity contribution in [3.63, 3.8) is 0 Å². The third kappa shape index (κ3) is 3.34. The molecule has 1 aliphatic rings. The number of anilines is 3. The molecule has 2 amide bonds. The van der Waals surface area contributed by atoms with Crippen LogP contribution in [-0.2, 0) is 9.59 Å². The number of nitrogens with one attached hydrogen (secondary N) is 2. The second kappa shape index (κ2) is 6.47. The third-order valence-electron chi connectivity index (χ3n) is 4.09. The van der Waals surface area contributed by atoms with Gasteiger partial charge in [0.05, 0.1) is 16.3 Å². The molecule has 0 spiro atoms. The molecule has 8 nitrogen and oxygen atoms in total. The summed E-state index contributed by atoms with van der Waals surface area (Å²) in [6.07, 6.45) is 0. The van der Waals surface area contributed by atoms with E-state index in [2.05, 4.69) is 10.6 Å². The van der Waals surface area contributed by atoms with Crippen LogP contribution < -0.4 is 15.5 Å². The van der Waals surface area contributed by atoms with E-state index < -0.39 is 10.5 Å². The van der Waals surface area contributed by atoms with Gasteiger partial charge in [-0.2, -0.15) is 0 Å². The van der Waals surface area contributed by atoms with Gasteiger partial charge in [0.2, 0.25) is 5.91 Å². The summed E-state index contributed by atoms with van der Waals surface area (Å²) >= 11 is 0. The standard InChI is InChI=1S/C18H18N4O4/c1-18(2)17(24)21(15-6-4-3-5-14(15)20-18)11-16(23)19-12-7-9-13(10-8-12)22(25)26/h3-10,20H,11H2,1-2H3,(H,19,23). The topological polar surface area (TPSA) is 105 Å². The van der Waals surface area contributed by atoms with Gasteiger partial charge in [0.15, 0.2) is 0 Å². The van der Waals surface area contributed by atoms with E-state index in [1.165, 1.54) is 29.2 Å². The summed E-state index contributed by atoms with van der Waals surface area (Å²) in [5.41, 5.74) is 0.949. The number of nitro benzene ring substituents is 1. The molecular weight excluding hydrogens is 336 g/mol. The monoisotopic (exact) mass is 354 g/mol. The van der Waals surface area contributed by atoms with E-state index in [0.29, 0.717) is 11.4 Å². The molecule has 2 N–H and O–H groups in total. The van der Waals surface area contributed by atoms with E-state index in [1.54, 1.807) is 26.0 Å². The Bertz CT molecular complexity index is 877. The number of hydrogen-bond donors (Lipinski definition) is 2. The van der Waals surface area contributed by atoms with Crippen molar-refractivity contribution in [1.82, 2.24) is 0 Å². The highest BCUT2D eigenvalue weighted by atomic mass is 16.6. The van der Waals surface area contributed by atoms with Gasteiger partial charge >= 0.3 is 0 Å². The van der Waals surface area contributed by atoms with Gasteiger partial charge in [0.25, 0.3) is 11.6 Å². The van der Waals surface area contributed by atoms with Gasteiger partial charge in [0.1, 0.15) is 12.1 Å². The van der Waals surface area contributed by atoms with E-state index >= 15 is 0 Å². The molecule has 0 aromatic heterocycles. The summed E-state index contributed by atoms with van der Waals surface area (Å²) in [5, 5.41) is 16.5. The first-order valence-electron chi connectivity index (χ1n) is 8.01. The lowest BCUT2D eigenvalue weighted by atomic mass is 9.98. The van der Waals surface area contributed by atoms with Crippen molar-refractivity contribution in [2.75, 3.05) is 22.1 Å². The average molecular weight is 354 g/mol. The minimum absolute atomic E-state index is 0.0593. The fourth-order valence-electron chi connectivity index (χ4n) is 2.82. The molecule has 0 radical (unpaired) electrons. The van der Waals surface area contributed by atoms with Crippen LogP contribution in [0.25, 0.3) is 0 Å². The second-order valence-corrected chi connectivity index (χ2v) is 6.51. The summed E-state index contributed by atoms with van der Waals surface area (Å²) in [4.78, 5) is 36.7. The Morgan fingerprint density at radius 1 is 1.19 bits per heavy atom. The smallest absolute Gasteiger partial charge is 0.269 e. The molecule has 2 aromatic rings. The lowest BCUT2D eigenvalue weighted by Gasteiger charge is -2.39. The summed E-state index contributed by atoms with van der Waals surface area (Å²) < 4.78 is 0. The van der Waals surface area contributed by atoms with E-state index in [9.17, 15) is 19.7 Å². The van der Waals surface area contributed by atoms with Crippen LogP contribution in [0.2, 0.25) is 0 Å². The van der Waals surface area contributed by atoms with Gasteiger partial charge in [-0.05, 0) is 38.1 Å². The Hall–Kier alpha value is -3.42. The van der Waals surface area contributed by atoms with Gasteiger partial charge < -0.3 is 10.6 Å². The normalized spacial score (nSPS) is 15.0. The molecule has 8 heteroatoms. The number of benzene rings is 2. The van der Waals surface area contributed by atoms with Gasteiger partial charge in [-0.1, -0.05) is 12.1 Å². The predicted octanol–water partition coefficient (Wildman–Crippen LogP) is 2.77. The van der Waals surface area contributed by atoms with Crippen LogP contribution in [0, 0.1) is 10.1 Å². The maximum absolute atomic E-state index is 12.7. The van der Waals surface area contributed by atoms with Crippen LogP contribution in [0.5, 0.6) is 0 Å². The van der Waals surface area contributed by atoms with E-state index in [0.717, 1.165) is 5.69 Å². The highest BCUT2D eigenvalue weighted by molar-refractivity contribution is 6.11. The Balaban J connectivity index is 1.77. The van der Waals surface area contributed by atoms with Crippen molar-refractivity contribution >= 4 is 34.6 Å². The number of para-hydroxylation sites is 2. The Labute approximate surface area is 150 Å². The molecule has 134 valence electrons. The molecule has 0 bridgehead atoms. The van der Waals surface area contributed by atoms with Crippen LogP contribution in [-0.4, -0.2) is 28.8 Å². The van der Waals surface area contributed by atoms with Gasteiger partial charge in [0, 0.05) is 17.8 Å². The average Bonchev–Trinajstić information content (AvgIpc) is 2.59. The lowest BCUT2D eigenvalue weighted by Crippen LogP contribution is -2.55. The summed E-state index contributed by atoms with van der Waals surface area (Å²) in [6.45, 7) is 3.36. The highest BCUT2D eigenvalue weighted by Gasteiger charge is 2.39. The first kappa shape index (κ1) is 17.4. The number of nitrogens with zero attached hydrogens (tertiary/aromatic N) is 2. The van der Waals surface area contributed by atoms with Gasteiger partial charge in [-0.3, -0.25) is 24.6 Å². The number of nitro groups is 1. The van der Waals surface area contributed by atoms with Gasteiger partial charge in [-0.15, -0.1) is 0 Å². The molecule has 2 aromatic carbocycles. The van der Waals surface area contributed by atoms with Crippen LogP contribution >= 0.6 is 0 Å². The minimum Gasteiger partial charge on any atom is -0.370 e. The molecule has 0 saturated heterocycles. The first-order chi connectivity index (χ1) is 12.3. The van der Waals surface area contributed by atoms with Crippen molar-refractivity contribution in [3.05, 3.63) is 58.6 Å². The lowest BCUT2D eigenvalue weighted by molar-refractivity contribution is -0.384. The number of carbonyl (C=O) groups is 2. The quantitative estimate of drug-likeness (QED) is 0.649. The zero-order valence-corrected chi connectivity index (χ0v) is 14.4. The Kier molecular flexibility index (Phi) is 4.33. The van der Waals surface area contributed by atoms with E-state index in [-0.39, 0.29) is 24.0 Å². The van der Waals surface area contributed by atoms with Crippen molar-refractivity contribution < 1.29 is 14.5 Å². The summed E-state index contributed by atoms with van der Waals surface area (Å²) in [5.74, 6) is -0.602. The maximum atomic E-state index is 12.7. The van der Waals surface area contributed by atoms with Crippen molar-refractivity contribution in [2.45, 2.75) is 19.4 Å². The van der Waals surface area contributed by atoms with Crippen LogP contribution in [0.1, 0.15) is 13.8 Å². The van der Waals surface area contributed by atoms with Gasteiger partial charge in [-0.25, -0.2) is 0 Å². The van der Waals surface area contributed by atoms with Crippen LogP contribution in [0.4, 0.5) is 22.7 Å². The number of hydrogen-bond acceptors (Lipinski definition) is 5. The fourth-order valence-corrected chi connectivity index (χ4v) is 2.82.